The molecule has 12 heteroatoms. The van der Waals surface area contributed by atoms with Crippen molar-refractivity contribution in [3.8, 4) is 5.69 Å². The lowest BCUT2D eigenvalue weighted by molar-refractivity contribution is -0.136. The molecule has 3 amide bonds. The number of sulfone groups is 1. The molecule has 10 nitrogen and oxygen atoms in total. The van der Waals surface area contributed by atoms with Crippen molar-refractivity contribution in [3.05, 3.63) is 41.3 Å². The lowest BCUT2D eigenvalue weighted by Gasteiger charge is -2.15. The van der Waals surface area contributed by atoms with E-state index in [4.69, 9.17) is 0 Å². The summed E-state index contributed by atoms with van der Waals surface area (Å²) in [5.74, 6) is -2.76. The van der Waals surface area contributed by atoms with Crippen molar-refractivity contribution < 1.29 is 27.2 Å². The second kappa shape index (κ2) is 8.69. The number of carbonyl (C=O) groups excluding carboxylic acids is 3. The Morgan fingerprint density at radius 1 is 1.12 bits per heavy atom. The lowest BCUT2D eigenvalue weighted by Crippen LogP contribution is -2.37. The number of benzene rings is 1. The summed E-state index contributed by atoms with van der Waals surface area (Å²) in [7, 11) is -3.40. The predicted octanol–water partition coefficient (Wildman–Crippen LogP) is 0.507. The molecule has 0 unspecified atom stereocenters. The van der Waals surface area contributed by atoms with E-state index in [9.17, 15) is 27.2 Å². The van der Waals surface area contributed by atoms with Gasteiger partial charge in [-0.1, -0.05) is 0 Å². The molecule has 0 radical (unpaired) electrons. The third kappa shape index (κ3) is 4.64. The van der Waals surface area contributed by atoms with Gasteiger partial charge >= 0.3 is 11.8 Å². The molecule has 1 fully saturated rings. The van der Waals surface area contributed by atoms with E-state index in [1.165, 1.54) is 28.9 Å². The van der Waals surface area contributed by atoms with E-state index in [-0.39, 0.29) is 35.5 Å². The Bertz CT molecular complexity index is 1180. The van der Waals surface area contributed by atoms with Crippen LogP contribution in [0, 0.1) is 5.82 Å². The smallest absolute Gasteiger partial charge is 0.314 e. The van der Waals surface area contributed by atoms with Gasteiger partial charge in [-0.05, 0) is 37.1 Å². The minimum absolute atomic E-state index is 0.0653. The molecule has 1 aromatic carbocycles. The van der Waals surface area contributed by atoms with Crippen LogP contribution >= 0.6 is 0 Å². The van der Waals surface area contributed by atoms with Crippen LogP contribution in [-0.2, 0) is 35.7 Å². The Morgan fingerprint density at radius 2 is 1.88 bits per heavy atom. The van der Waals surface area contributed by atoms with Gasteiger partial charge in [0.15, 0.2) is 9.84 Å². The van der Waals surface area contributed by atoms with E-state index in [2.05, 4.69) is 15.7 Å². The molecule has 0 bridgehead atoms. The van der Waals surface area contributed by atoms with E-state index >= 15 is 0 Å². The molecule has 3 heterocycles. The second-order valence-corrected chi connectivity index (χ2v) is 9.81. The molecule has 0 aliphatic carbocycles. The van der Waals surface area contributed by atoms with Crippen LogP contribution in [0.3, 0.4) is 0 Å². The van der Waals surface area contributed by atoms with E-state index in [1.807, 2.05) is 0 Å². The Kier molecular flexibility index (Phi) is 5.96. The van der Waals surface area contributed by atoms with Gasteiger partial charge in [0.2, 0.25) is 5.91 Å². The summed E-state index contributed by atoms with van der Waals surface area (Å²) < 4.78 is 38.6. The molecule has 4 rings (SSSR count). The molecule has 2 aliphatic heterocycles. The minimum Gasteiger partial charge on any atom is -0.348 e. The maximum absolute atomic E-state index is 13.3. The molecule has 170 valence electrons. The highest BCUT2D eigenvalue weighted by Gasteiger charge is 2.34. The summed E-state index contributed by atoms with van der Waals surface area (Å²) >= 11 is 0. The summed E-state index contributed by atoms with van der Waals surface area (Å²) in [6.07, 6.45) is 1.87. The van der Waals surface area contributed by atoms with Gasteiger partial charge in [0.05, 0.1) is 22.9 Å². The van der Waals surface area contributed by atoms with Gasteiger partial charge in [0.1, 0.15) is 11.6 Å². The molecule has 0 saturated carbocycles. The molecule has 1 saturated heterocycles. The average Bonchev–Trinajstić information content (AvgIpc) is 3.38. The first-order chi connectivity index (χ1) is 15.2. The van der Waals surface area contributed by atoms with Crippen LogP contribution in [0.4, 0.5) is 10.2 Å². The molecular weight excluding hydrogens is 441 g/mol. The van der Waals surface area contributed by atoms with Gasteiger partial charge in [-0.2, -0.15) is 5.10 Å². The van der Waals surface area contributed by atoms with Crippen molar-refractivity contribution in [2.24, 2.45) is 0 Å². The standard InChI is InChI=1S/C20H22FN5O5S/c21-13-4-6-14(7-5-13)26-18(15-11-32(30,31)12-16(15)24-26)23-20(29)19(28)22-8-2-10-25-9-1-3-17(25)27/h4-7H,1-3,8-12H2,(H,22,28)(H,23,29). The van der Waals surface area contributed by atoms with Gasteiger partial charge < -0.3 is 15.5 Å². The molecule has 32 heavy (non-hydrogen) atoms. The zero-order chi connectivity index (χ0) is 22.9. The second-order valence-electron chi connectivity index (χ2n) is 7.74. The topological polar surface area (TPSA) is 130 Å². The van der Waals surface area contributed by atoms with E-state index < -0.39 is 27.5 Å². The summed E-state index contributed by atoms with van der Waals surface area (Å²) in [6.45, 7) is 1.41. The van der Waals surface area contributed by atoms with Gasteiger partial charge in [0, 0.05) is 31.6 Å². The van der Waals surface area contributed by atoms with Crippen LogP contribution in [0.5, 0.6) is 0 Å². The molecule has 2 aliphatic rings. The van der Waals surface area contributed by atoms with Crippen LogP contribution in [0.15, 0.2) is 24.3 Å². The number of amides is 3. The third-order valence-corrected chi connectivity index (χ3v) is 6.80. The first kappa shape index (κ1) is 21.9. The Labute approximate surface area is 183 Å². The van der Waals surface area contributed by atoms with Gasteiger partial charge in [0.25, 0.3) is 0 Å². The highest BCUT2D eigenvalue weighted by atomic mass is 32.2. The molecule has 2 aromatic rings. The van der Waals surface area contributed by atoms with Crippen LogP contribution in [-0.4, -0.2) is 60.5 Å². The Morgan fingerprint density at radius 3 is 2.56 bits per heavy atom. The van der Waals surface area contributed by atoms with Crippen LogP contribution < -0.4 is 10.6 Å². The first-order valence-corrected chi connectivity index (χ1v) is 12.0. The number of carbonyl (C=O) groups is 3. The fourth-order valence-corrected chi connectivity index (χ4v) is 5.29. The number of fused-ring (bicyclic) bond motifs is 1. The SMILES string of the molecule is O=C(NCCCN1CCCC1=O)C(=O)Nc1c2c(nn1-c1ccc(F)cc1)CS(=O)(=O)C2. The largest absolute Gasteiger partial charge is 0.348 e. The average molecular weight is 463 g/mol. The number of rotatable bonds is 6. The fourth-order valence-electron chi connectivity index (χ4n) is 3.80. The van der Waals surface area contributed by atoms with Crippen LogP contribution in [0.1, 0.15) is 30.5 Å². The summed E-state index contributed by atoms with van der Waals surface area (Å²) in [5, 5.41) is 9.21. The first-order valence-electron chi connectivity index (χ1n) is 10.2. The molecule has 0 atom stereocenters. The number of nitrogens with zero attached hydrogens (tertiary/aromatic N) is 3. The fraction of sp³-hybridized carbons (Fsp3) is 0.400. The van der Waals surface area contributed by atoms with Gasteiger partial charge in [-0.3, -0.25) is 14.4 Å². The zero-order valence-corrected chi connectivity index (χ0v) is 18.0. The number of anilines is 1. The van der Waals surface area contributed by atoms with Crippen molar-refractivity contribution >= 4 is 33.4 Å². The quantitative estimate of drug-likeness (QED) is 0.474. The monoisotopic (exact) mass is 463 g/mol. The maximum Gasteiger partial charge on any atom is 0.314 e. The minimum atomic E-state index is -3.40. The lowest BCUT2D eigenvalue weighted by atomic mass is 10.2. The number of hydrogen-bond donors (Lipinski definition) is 2. The Balaban J connectivity index is 1.44. The van der Waals surface area contributed by atoms with Crippen LogP contribution in [0.2, 0.25) is 0 Å². The van der Waals surface area contributed by atoms with Crippen molar-refractivity contribution in [2.45, 2.75) is 30.8 Å². The number of hydrogen-bond acceptors (Lipinski definition) is 6. The Hall–Kier alpha value is -3.28. The number of halogens is 1. The maximum atomic E-state index is 13.3. The number of aromatic nitrogens is 2. The van der Waals surface area contributed by atoms with Crippen molar-refractivity contribution in [3.63, 3.8) is 0 Å². The molecule has 0 spiro atoms. The summed E-state index contributed by atoms with van der Waals surface area (Å²) in [6, 6.07) is 5.29. The van der Waals surface area contributed by atoms with E-state index in [1.54, 1.807) is 4.90 Å². The number of nitrogens with one attached hydrogen (secondary N) is 2. The van der Waals surface area contributed by atoms with Crippen molar-refractivity contribution in [1.29, 1.82) is 0 Å². The predicted molar refractivity (Wildman–Crippen MR) is 112 cm³/mol. The van der Waals surface area contributed by atoms with E-state index in [0.29, 0.717) is 37.2 Å². The van der Waals surface area contributed by atoms with Gasteiger partial charge in [-0.25, -0.2) is 17.5 Å². The van der Waals surface area contributed by atoms with Gasteiger partial charge in [-0.15, -0.1) is 0 Å². The highest BCUT2D eigenvalue weighted by Crippen LogP contribution is 2.32. The molecule has 2 N–H and O–H groups in total. The summed E-state index contributed by atoms with van der Waals surface area (Å²) in [4.78, 5) is 38.0. The normalized spacial score (nSPS) is 16.8. The molecule has 1 aromatic heterocycles. The molecular formula is C20H22FN5O5S. The zero-order valence-electron chi connectivity index (χ0n) is 17.1. The third-order valence-electron chi connectivity index (χ3n) is 5.36. The van der Waals surface area contributed by atoms with Crippen molar-refractivity contribution in [1.82, 2.24) is 20.0 Å². The van der Waals surface area contributed by atoms with Crippen molar-refractivity contribution in [2.75, 3.05) is 25.0 Å². The number of likely N-dealkylation sites (tertiary alicyclic amines) is 1. The van der Waals surface area contributed by atoms with Crippen LogP contribution in [0.25, 0.3) is 5.69 Å². The van der Waals surface area contributed by atoms with E-state index in [0.717, 1.165) is 6.42 Å². The summed E-state index contributed by atoms with van der Waals surface area (Å²) in [5.41, 5.74) is 0.993. The highest BCUT2D eigenvalue weighted by molar-refractivity contribution is 7.90.